The van der Waals surface area contributed by atoms with Gasteiger partial charge in [-0.15, -0.1) is 11.3 Å². The number of thiazole rings is 1. The van der Waals surface area contributed by atoms with Crippen LogP contribution in [0.2, 0.25) is 10.2 Å². The summed E-state index contributed by atoms with van der Waals surface area (Å²) in [5, 5.41) is 16.3. The van der Waals surface area contributed by atoms with E-state index in [0.29, 0.717) is 43.6 Å². The van der Waals surface area contributed by atoms with Gasteiger partial charge in [0, 0.05) is 23.4 Å². The number of hydrogen-bond acceptors (Lipinski definition) is 5. The van der Waals surface area contributed by atoms with Gasteiger partial charge in [-0.05, 0) is 30.2 Å². The van der Waals surface area contributed by atoms with Crippen molar-refractivity contribution in [3.63, 3.8) is 0 Å². The maximum atomic E-state index is 12.1. The predicted octanol–water partition coefficient (Wildman–Crippen LogP) is 5.99. The third kappa shape index (κ3) is 3.31. The molecule has 0 radical (unpaired) electrons. The zero-order valence-corrected chi connectivity index (χ0v) is 19.6. The Morgan fingerprint density at radius 1 is 1.06 bits per heavy atom. The van der Waals surface area contributed by atoms with Crippen LogP contribution in [0.4, 0.5) is 0 Å². The van der Waals surface area contributed by atoms with E-state index in [0.717, 1.165) is 10.6 Å². The molecule has 0 spiro atoms. The van der Waals surface area contributed by atoms with Crippen molar-refractivity contribution >= 4 is 45.4 Å². The first-order valence-electron chi connectivity index (χ1n) is 9.86. The molecule has 5 nitrogen and oxygen atoms in total. The second kappa shape index (κ2) is 7.98. The molecule has 1 N–H and O–H groups in total. The second-order valence-corrected chi connectivity index (χ2v) is 9.34. The van der Waals surface area contributed by atoms with E-state index in [2.05, 4.69) is 15.0 Å². The lowest BCUT2D eigenvalue weighted by atomic mass is 9.86. The van der Waals surface area contributed by atoms with Crippen LogP contribution in [0.3, 0.4) is 0 Å². The number of rotatable bonds is 4. The summed E-state index contributed by atoms with van der Waals surface area (Å²) >= 11 is 14.9. The molecule has 0 aliphatic heterocycles. The summed E-state index contributed by atoms with van der Waals surface area (Å²) in [5.41, 5.74) is 2.41. The van der Waals surface area contributed by atoms with E-state index in [4.69, 9.17) is 23.2 Å². The van der Waals surface area contributed by atoms with Crippen LogP contribution in [0.5, 0.6) is 0 Å². The maximum Gasteiger partial charge on any atom is 0.174 e. The van der Waals surface area contributed by atoms with E-state index in [-0.39, 0.29) is 0 Å². The average Bonchev–Trinajstić information content (AvgIpc) is 3.42. The molecular weight excluding hydrogens is 463 g/mol. The molecule has 3 aromatic heterocycles. The fraction of sp³-hybridized carbons (Fsp3) is 0.125. The van der Waals surface area contributed by atoms with Crippen molar-refractivity contribution in [1.29, 1.82) is 0 Å². The van der Waals surface area contributed by atoms with Crippen molar-refractivity contribution < 1.29 is 5.11 Å². The van der Waals surface area contributed by atoms with Crippen molar-refractivity contribution in [2.24, 2.45) is 7.05 Å². The number of imidazole rings is 1. The van der Waals surface area contributed by atoms with Gasteiger partial charge in [0.25, 0.3) is 0 Å². The molecule has 0 saturated heterocycles. The summed E-state index contributed by atoms with van der Waals surface area (Å²) in [7, 11) is 1.84. The molecule has 1 atom stereocenters. The lowest BCUT2D eigenvalue weighted by Gasteiger charge is -2.28. The van der Waals surface area contributed by atoms with Gasteiger partial charge >= 0.3 is 0 Å². The van der Waals surface area contributed by atoms with E-state index >= 15 is 0 Å². The van der Waals surface area contributed by atoms with Crippen LogP contribution in [-0.4, -0.2) is 24.6 Å². The Hall–Kier alpha value is -2.77. The number of benzene rings is 2. The number of aromatic nitrogens is 4. The second-order valence-electron chi connectivity index (χ2n) is 7.54. The summed E-state index contributed by atoms with van der Waals surface area (Å²) in [6, 6.07) is 15.2. The Morgan fingerprint density at radius 3 is 2.50 bits per heavy atom. The van der Waals surface area contributed by atoms with Crippen molar-refractivity contribution in [1.82, 2.24) is 19.5 Å². The Morgan fingerprint density at radius 2 is 1.84 bits per heavy atom. The number of aliphatic hydroxyl groups is 1. The molecule has 5 rings (SSSR count). The number of pyridine rings is 1. The number of hydrogen-bond donors (Lipinski definition) is 1. The van der Waals surface area contributed by atoms with Crippen LogP contribution >= 0.6 is 34.5 Å². The minimum atomic E-state index is -1.51. The van der Waals surface area contributed by atoms with Crippen LogP contribution in [0.25, 0.3) is 22.0 Å². The lowest BCUT2D eigenvalue weighted by molar-refractivity contribution is 0.113. The predicted molar refractivity (Wildman–Crippen MR) is 129 cm³/mol. The first-order chi connectivity index (χ1) is 15.4. The Bertz CT molecular complexity index is 1450. The SMILES string of the molecule is Cc1nc(C(O)(c2ccc3nc(Cl)c(-c4ccccc4)c(Cl)c3c2)c2cncn2C)cs1. The number of nitrogens with zero attached hydrogens (tertiary/aromatic N) is 4. The van der Waals surface area contributed by atoms with Crippen molar-refractivity contribution in [3.8, 4) is 11.1 Å². The van der Waals surface area contributed by atoms with Gasteiger partial charge in [-0.25, -0.2) is 15.0 Å². The highest BCUT2D eigenvalue weighted by Crippen LogP contribution is 2.42. The van der Waals surface area contributed by atoms with Gasteiger partial charge in [-0.1, -0.05) is 59.6 Å². The molecule has 0 aliphatic rings. The molecule has 2 aromatic carbocycles. The van der Waals surface area contributed by atoms with Crippen molar-refractivity contribution in [2.75, 3.05) is 0 Å². The van der Waals surface area contributed by atoms with Crippen LogP contribution in [0.15, 0.2) is 66.4 Å². The van der Waals surface area contributed by atoms with Crippen LogP contribution in [0.1, 0.15) is 22.0 Å². The molecule has 3 heterocycles. The fourth-order valence-corrected chi connectivity index (χ4v) is 5.28. The molecular formula is C24H18Cl2N4OS. The van der Waals surface area contributed by atoms with Gasteiger partial charge in [0.2, 0.25) is 0 Å². The molecule has 0 saturated carbocycles. The largest absolute Gasteiger partial charge is 0.373 e. The molecule has 8 heteroatoms. The summed E-state index contributed by atoms with van der Waals surface area (Å²) in [4.78, 5) is 13.4. The van der Waals surface area contributed by atoms with Crippen LogP contribution in [-0.2, 0) is 12.6 Å². The van der Waals surface area contributed by atoms with E-state index in [1.54, 1.807) is 17.1 Å². The van der Waals surface area contributed by atoms with E-state index < -0.39 is 5.60 Å². The maximum absolute atomic E-state index is 12.1. The highest BCUT2D eigenvalue weighted by molar-refractivity contribution is 7.09. The van der Waals surface area contributed by atoms with Gasteiger partial charge in [-0.2, -0.15) is 0 Å². The number of halogens is 2. The monoisotopic (exact) mass is 480 g/mol. The van der Waals surface area contributed by atoms with Crippen LogP contribution in [0, 0.1) is 6.92 Å². The average molecular weight is 481 g/mol. The fourth-order valence-electron chi connectivity index (χ4n) is 3.93. The van der Waals surface area contributed by atoms with Gasteiger partial charge in [0.15, 0.2) is 5.60 Å². The molecule has 1 unspecified atom stereocenters. The number of aryl methyl sites for hydroxylation is 2. The molecule has 0 bridgehead atoms. The first-order valence-corrected chi connectivity index (χ1v) is 11.5. The standard InChI is InChI=1S/C24H18Cl2N4OS/c1-14-28-19(12-32-14)24(31,20-11-27-13-30(20)2)16-8-9-18-17(10-16)22(25)21(23(26)29-18)15-6-4-3-5-7-15/h3-13,31H,1-2H3. The highest BCUT2D eigenvalue weighted by atomic mass is 35.5. The third-order valence-corrected chi connectivity index (χ3v) is 6.97. The van der Waals surface area contributed by atoms with E-state index in [1.165, 1.54) is 11.3 Å². The van der Waals surface area contributed by atoms with Gasteiger partial charge in [-0.3, -0.25) is 0 Å². The van der Waals surface area contributed by atoms with E-state index in [1.807, 2.05) is 67.9 Å². The highest BCUT2D eigenvalue weighted by Gasteiger charge is 2.39. The quantitative estimate of drug-likeness (QED) is 0.320. The summed E-state index contributed by atoms with van der Waals surface area (Å²) in [5.74, 6) is 0. The third-order valence-electron chi connectivity index (χ3n) is 5.53. The summed E-state index contributed by atoms with van der Waals surface area (Å²) in [6.45, 7) is 1.91. The minimum absolute atomic E-state index is 0.332. The van der Waals surface area contributed by atoms with E-state index in [9.17, 15) is 5.11 Å². The molecule has 160 valence electrons. The Labute approximate surface area is 198 Å². The topological polar surface area (TPSA) is 63.8 Å². The van der Waals surface area contributed by atoms with Gasteiger partial charge < -0.3 is 9.67 Å². The van der Waals surface area contributed by atoms with Gasteiger partial charge in [0.05, 0.1) is 39.5 Å². The molecule has 0 amide bonds. The molecule has 0 fully saturated rings. The summed E-state index contributed by atoms with van der Waals surface area (Å²) in [6.07, 6.45) is 3.30. The first kappa shape index (κ1) is 21.1. The number of fused-ring (bicyclic) bond motifs is 1. The Balaban J connectivity index is 1.78. The molecule has 32 heavy (non-hydrogen) atoms. The van der Waals surface area contributed by atoms with Crippen molar-refractivity contribution in [2.45, 2.75) is 12.5 Å². The van der Waals surface area contributed by atoms with Gasteiger partial charge in [0.1, 0.15) is 5.15 Å². The van der Waals surface area contributed by atoms with Crippen molar-refractivity contribution in [3.05, 3.63) is 98.6 Å². The lowest BCUT2D eigenvalue weighted by Crippen LogP contribution is -2.31. The molecule has 0 aliphatic carbocycles. The zero-order valence-electron chi connectivity index (χ0n) is 17.3. The smallest absolute Gasteiger partial charge is 0.174 e. The zero-order chi connectivity index (χ0) is 22.5. The molecule has 5 aromatic rings. The van der Waals surface area contributed by atoms with Crippen LogP contribution < -0.4 is 0 Å². The Kier molecular flexibility index (Phi) is 5.26. The summed E-state index contributed by atoms with van der Waals surface area (Å²) < 4.78 is 1.79. The minimum Gasteiger partial charge on any atom is -0.373 e. The normalized spacial score (nSPS) is 13.4.